The zero-order chi connectivity index (χ0) is 24.0. The minimum absolute atomic E-state index is 0.0267. The average Bonchev–Trinajstić information content (AvgIpc) is 2.63. The summed E-state index contributed by atoms with van der Waals surface area (Å²) in [6.45, 7) is 1.76. The van der Waals surface area contributed by atoms with E-state index >= 15 is 0 Å². The van der Waals surface area contributed by atoms with Crippen LogP contribution in [0.3, 0.4) is 0 Å². The van der Waals surface area contributed by atoms with Gasteiger partial charge in [-0.1, -0.05) is 0 Å². The fourth-order valence-electron chi connectivity index (χ4n) is 2.09. The van der Waals surface area contributed by atoms with Gasteiger partial charge in [-0.15, -0.1) is 0 Å². The zero-order valence-electron chi connectivity index (χ0n) is 16.1. The van der Waals surface area contributed by atoms with Crippen LogP contribution >= 0.6 is 0 Å². The number of rotatable bonds is 8. The molecule has 0 bridgehead atoms. The van der Waals surface area contributed by atoms with Crippen LogP contribution in [-0.4, -0.2) is 40.1 Å². The molecule has 1 N–H and O–H groups in total. The number of sulfonamides is 1. The van der Waals surface area contributed by atoms with Gasteiger partial charge in [0.15, 0.2) is 0 Å². The van der Waals surface area contributed by atoms with E-state index in [1.165, 1.54) is 13.8 Å². The maximum absolute atomic E-state index is 12.9. The Hall–Kier alpha value is -2.61. The number of benzene rings is 1. The van der Waals surface area contributed by atoms with Crippen molar-refractivity contribution < 1.29 is 53.8 Å². The predicted molar refractivity (Wildman–Crippen MR) is 93.0 cm³/mol. The summed E-state index contributed by atoms with van der Waals surface area (Å²) in [6.07, 6.45) is -9.76. The summed E-state index contributed by atoms with van der Waals surface area (Å²) < 4.78 is 113. The average molecular weight is 477 g/mol. The van der Waals surface area contributed by atoms with Crippen LogP contribution < -0.4 is 4.72 Å². The summed E-state index contributed by atoms with van der Waals surface area (Å²) >= 11 is 0. The molecule has 14 heteroatoms. The van der Waals surface area contributed by atoms with E-state index in [9.17, 15) is 44.3 Å². The number of esters is 2. The highest BCUT2D eigenvalue weighted by molar-refractivity contribution is 7.89. The first-order valence-corrected chi connectivity index (χ1v) is 9.95. The molecule has 1 aromatic rings. The largest absolute Gasteiger partial charge is 0.462 e. The second-order valence-corrected chi connectivity index (χ2v) is 7.42. The number of halogens is 6. The van der Waals surface area contributed by atoms with Crippen LogP contribution in [0.1, 0.15) is 25.0 Å². The Morgan fingerprint density at radius 3 is 1.68 bits per heavy atom. The Morgan fingerprint density at radius 2 is 1.32 bits per heavy atom. The molecule has 1 rings (SSSR count). The summed E-state index contributed by atoms with van der Waals surface area (Å²) in [5.74, 6) is -2.31. The summed E-state index contributed by atoms with van der Waals surface area (Å²) in [5, 5.41) is 0. The maximum Gasteiger partial charge on any atom is 0.416 e. The third-order valence-corrected chi connectivity index (χ3v) is 4.84. The normalized spacial score (nSPS) is 12.3. The van der Waals surface area contributed by atoms with Crippen LogP contribution in [0.4, 0.5) is 26.3 Å². The van der Waals surface area contributed by atoms with Gasteiger partial charge in [0.1, 0.15) is 5.57 Å². The quantitative estimate of drug-likeness (QED) is 0.203. The fourth-order valence-corrected chi connectivity index (χ4v) is 3.12. The molecule has 0 radical (unpaired) electrons. The zero-order valence-corrected chi connectivity index (χ0v) is 16.9. The van der Waals surface area contributed by atoms with E-state index < -0.39 is 62.5 Å². The van der Waals surface area contributed by atoms with Crippen molar-refractivity contribution in [1.82, 2.24) is 4.72 Å². The van der Waals surface area contributed by atoms with Gasteiger partial charge in [0.05, 0.1) is 29.2 Å². The molecule has 1 aromatic carbocycles. The number of hydrogen-bond donors (Lipinski definition) is 1. The number of ether oxygens (including phenoxy) is 2. The SMILES string of the molecule is CCOC(=O)C(=CCNS(=O)(=O)c1cc(C(F)(F)F)cc(C(F)(F)F)c1)C(=O)OCC. The molecule has 0 aliphatic carbocycles. The summed E-state index contributed by atoms with van der Waals surface area (Å²) in [5.41, 5.74) is -4.35. The number of hydrogen-bond acceptors (Lipinski definition) is 6. The topological polar surface area (TPSA) is 98.8 Å². The molecular formula is C17H17F6NO6S. The first kappa shape index (κ1) is 26.4. The third kappa shape index (κ3) is 7.54. The van der Waals surface area contributed by atoms with Gasteiger partial charge in [-0.2, -0.15) is 26.3 Å². The van der Waals surface area contributed by atoms with Gasteiger partial charge in [-0.25, -0.2) is 22.7 Å². The molecule has 0 aliphatic heterocycles. The van der Waals surface area contributed by atoms with Crippen molar-refractivity contribution in [3.63, 3.8) is 0 Å². The van der Waals surface area contributed by atoms with Gasteiger partial charge in [0.2, 0.25) is 10.0 Å². The predicted octanol–water partition coefficient (Wildman–Crippen LogP) is 3.06. The van der Waals surface area contributed by atoms with Crippen LogP contribution in [0.5, 0.6) is 0 Å². The van der Waals surface area contributed by atoms with Gasteiger partial charge in [-0.3, -0.25) is 0 Å². The molecule has 0 aromatic heterocycles. The van der Waals surface area contributed by atoms with Gasteiger partial charge in [-0.05, 0) is 38.1 Å². The van der Waals surface area contributed by atoms with E-state index in [0.29, 0.717) is 0 Å². The molecule has 0 unspecified atom stereocenters. The van der Waals surface area contributed by atoms with Gasteiger partial charge in [0, 0.05) is 6.54 Å². The Labute approximate surface area is 173 Å². The van der Waals surface area contributed by atoms with Crippen LogP contribution in [0, 0.1) is 0 Å². The molecule has 0 spiro atoms. The van der Waals surface area contributed by atoms with Crippen molar-refractivity contribution in [3.05, 3.63) is 41.0 Å². The van der Waals surface area contributed by atoms with Crippen molar-refractivity contribution in [2.45, 2.75) is 31.1 Å². The first-order chi connectivity index (χ1) is 14.1. The third-order valence-electron chi connectivity index (χ3n) is 3.44. The molecule has 0 atom stereocenters. The number of carbonyl (C=O) groups is 2. The Kier molecular flexibility index (Phi) is 8.64. The van der Waals surface area contributed by atoms with Crippen LogP contribution in [0.25, 0.3) is 0 Å². The Bertz CT molecular complexity index is 901. The molecular weight excluding hydrogens is 460 g/mol. The second-order valence-electron chi connectivity index (χ2n) is 5.65. The number of alkyl halides is 6. The van der Waals surface area contributed by atoms with E-state index in [1.54, 1.807) is 4.72 Å². The molecule has 174 valence electrons. The highest BCUT2D eigenvalue weighted by Crippen LogP contribution is 2.37. The van der Waals surface area contributed by atoms with Crippen LogP contribution in [0.15, 0.2) is 34.7 Å². The Balaban J connectivity index is 3.28. The highest BCUT2D eigenvalue weighted by Gasteiger charge is 2.38. The summed E-state index contributed by atoms with van der Waals surface area (Å²) in [4.78, 5) is 22.2. The lowest BCUT2D eigenvalue weighted by Crippen LogP contribution is -2.27. The second kappa shape index (κ2) is 10.1. The maximum atomic E-state index is 12.9. The molecule has 0 heterocycles. The molecule has 0 amide bonds. The molecule has 0 fully saturated rings. The molecule has 0 saturated carbocycles. The van der Waals surface area contributed by atoms with Crippen LogP contribution in [-0.2, 0) is 41.4 Å². The summed E-state index contributed by atoms with van der Waals surface area (Å²) in [6, 6.07) is -0.170. The van der Waals surface area contributed by atoms with E-state index in [0.717, 1.165) is 6.08 Å². The minimum atomic E-state index is -5.24. The van der Waals surface area contributed by atoms with Crippen molar-refractivity contribution in [2.24, 2.45) is 0 Å². The van der Waals surface area contributed by atoms with Crippen LogP contribution in [0.2, 0.25) is 0 Å². The Morgan fingerprint density at radius 1 is 0.903 bits per heavy atom. The van der Waals surface area contributed by atoms with Crippen molar-refractivity contribution >= 4 is 22.0 Å². The fraction of sp³-hybridized carbons (Fsp3) is 0.412. The molecule has 0 saturated heterocycles. The lowest BCUT2D eigenvalue weighted by atomic mass is 10.1. The highest BCUT2D eigenvalue weighted by atomic mass is 32.2. The van der Waals surface area contributed by atoms with Gasteiger partial charge >= 0.3 is 24.3 Å². The lowest BCUT2D eigenvalue weighted by molar-refractivity contribution is -0.147. The van der Waals surface area contributed by atoms with Gasteiger partial charge < -0.3 is 9.47 Å². The lowest BCUT2D eigenvalue weighted by Gasteiger charge is -2.14. The van der Waals surface area contributed by atoms with Crippen molar-refractivity contribution in [1.29, 1.82) is 0 Å². The minimum Gasteiger partial charge on any atom is -0.462 e. The molecule has 7 nitrogen and oxygen atoms in total. The monoisotopic (exact) mass is 477 g/mol. The molecule has 0 aliphatic rings. The van der Waals surface area contributed by atoms with Crippen molar-refractivity contribution in [2.75, 3.05) is 19.8 Å². The first-order valence-electron chi connectivity index (χ1n) is 8.47. The van der Waals surface area contributed by atoms with Crippen molar-refractivity contribution in [3.8, 4) is 0 Å². The van der Waals surface area contributed by atoms with E-state index in [4.69, 9.17) is 0 Å². The summed E-state index contributed by atoms with van der Waals surface area (Å²) in [7, 11) is -4.90. The standard InChI is InChI=1S/C17H17F6NO6S/c1-3-29-14(25)13(15(26)30-4-2)5-6-24-31(27,28)12-8-10(16(18,19)20)7-11(9-12)17(21,22)23/h5,7-9,24H,3-4,6H2,1-2H3. The van der Waals surface area contributed by atoms with Gasteiger partial charge in [0.25, 0.3) is 0 Å². The van der Waals surface area contributed by atoms with E-state index in [-0.39, 0.29) is 31.4 Å². The number of carbonyl (C=O) groups excluding carboxylic acids is 2. The number of nitrogens with one attached hydrogen (secondary N) is 1. The molecule has 31 heavy (non-hydrogen) atoms. The smallest absolute Gasteiger partial charge is 0.416 e. The van der Waals surface area contributed by atoms with E-state index in [2.05, 4.69) is 9.47 Å². The van der Waals surface area contributed by atoms with E-state index in [1.807, 2.05) is 0 Å².